The van der Waals surface area contributed by atoms with Gasteiger partial charge in [0.2, 0.25) is 0 Å². The zero-order chi connectivity index (χ0) is 7.98. The zero-order valence-electron chi connectivity index (χ0n) is 5.91. The number of aliphatic hydroxyl groups excluding tert-OH is 2. The van der Waals surface area contributed by atoms with E-state index in [-0.39, 0.29) is 25.4 Å². The number of carbonyl (C=O) groups excluding carboxylic acids is 1. The van der Waals surface area contributed by atoms with E-state index in [0.717, 1.165) is 0 Å². The van der Waals surface area contributed by atoms with Crippen molar-refractivity contribution in [1.82, 2.24) is 0 Å². The van der Waals surface area contributed by atoms with Gasteiger partial charge in [-0.25, -0.2) is 0 Å². The summed E-state index contributed by atoms with van der Waals surface area (Å²) in [6.07, 6.45) is -0.402. The molecule has 0 aromatic carbocycles. The van der Waals surface area contributed by atoms with Crippen LogP contribution in [0, 0.1) is 0 Å². The third kappa shape index (κ3) is 4.29. The van der Waals surface area contributed by atoms with Gasteiger partial charge >= 0.3 is 5.97 Å². The molecule has 0 aliphatic heterocycles. The number of methoxy groups -OCH3 is 1. The molecule has 0 saturated heterocycles. The second-order valence-corrected chi connectivity index (χ2v) is 1.95. The Kier molecular flexibility index (Phi) is 4.88. The predicted octanol–water partition coefficient (Wildman–Crippen LogP) is -0.707. The highest BCUT2D eigenvalue weighted by Gasteiger charge is 2.05. The molecule has 0 aromatic heterocycles. The summed E-state index contributed by atoms with van der Waals surface area (Å²) in [4.78, 5) is 10.4. The van der Waals surface area contributed by atoms with Crippen LogP contribution >= 0.6 is 0 Å². The first kappa shape index (κ1) is 9.39. The van der Waals surface area contributed by atoms with Crippen LogP contribution in [-0.2, 0) is 9.53 Å². The Bertz CT molecular complexity index is 102. The van der Waals surface area contributed by atoms with Gasteiger partial charge in [-0.05, 0) is 6.42 Å². The lowest BCUT2D eigenvalue weighted by atomic mass is 10.2. The molecule has 0 aliphatic carbocycles. The molecule has 0 spiro atoms. The Morgan fingerprint density at radius 1 is 1.70 bits per heavy atom. The summed E-state index contributed by atoms with van der Waals surface area (Å²) < 4.78 is 4.31. The Morgan fingerprint density at radius 3 is 2.70 bits per heavy atom. The van der Waals surface area contributed by atoms with Gasteiger partial charge in [0.25, 0.3) is 0 Å². The van der Waals surface area contributed by atoms with Crippen molar-refractivity contribution in [3.63, 3.8) is 0 Å². The number of ether oxygens (including phenoxy) is 1. The fourth-order valence-electron chi connectivity index (χ4n) is 0.478. The largest absolute Gasteiger partial charge is 0.469 e. The normalized spacial score (nSPS) is 12.7. The molecule has 0 saturated carbocycles. The lowest BCUT2D eigenvalue weighted by Gasteiger charge is -2.03. The van der Waals surface area contributed by atoms with Crippen LogP contribution in [0.3, 0.4) is 0 Å². The highest BCUT2D eigenvalue weighted by atomic mass is 16.5. The molecule has 0 bridgehead atoms. The topological polar surface area (TPSA) is 66.8 Å². The molecular formula is C6H12O4. The molecule has 4 nitrogen and oxygen atoms in total. The number of hydrogen-bond acceptors (Lipinski definition) is 4. The van der Waals surface area contributed by atoms with Crippen molar-refractivity contribution in [3.05, 3.63) is 0 Å². The molecule has 0 aromatic rings. The minimum Gasteiger partial charge on any atom is -0.469 e. The van der Waals surface area contributed by atoms with Gasteiger partial charge in [-0.3, -0.25) is 4.79 Å². The zero-order valence-corrected chi connectivity index (χ0v) is 5.91. The third-order valence-electron chi connectivity index (χ3n) is 1.12. The molecule has 0 rings (SSSR count). The summed E-state index contributed by atoms with van der Waals surface area (Å²) in [6, 6.07) is 0. The van der Waals surface area contributed by atoms with Gasteiger partial charge in [-0.1, -0.05) is 0 Å². The van der Waals surface area contributed by atoms with E-state index in [2.05, 4.69) is 4.74 Å². The molecule has 0 amide bonds. The smallest absolute Gasteiger partial charge is 0.305 e. The Hall–Kier alpha value is -0.610. The van der Waals surface area contributed by atoms with Crippen LogP contribution in [0.4, 0.5) is 0 Å². The van der Waals surface area contributed by atoms with Gasteiger partial charge in [0.1, 0.15) is 0 Å². The van der Waals surface area contributed by atoms with Crippen LogP contribution in [0.2, 0.25) is 0 Å². The molecule has 0 radical (unpaired) electrons. The van der Waals surface area contributed by atoms with E-state index < -0.39 is 6.10 Å². The maximum absolute atomic E-state index is 10.4. The molecule has 4 heteroatoms. The van der Waals surface area contributed by atoms with Gasteiger partial charge < -0.3 is 14.9 Å². The van der Waals surface area contributed by atoms with E-state index in [0.29, 0.717) is 0 Å². The lowest BCUT2D eigenvalue weighted by molar-refractivity contribution is -0.141. The van der Waals surface area contributed by atoms with Crippen LogP contribution in [0.15, 0.2) is 0 Å². The van der Waals surface area contributed by atoms with E-state index in [1.54, 1.807) is 0 Å². The highest BCUT2D eigenvalue weighted by molar-refractivity contribution is 5.69. The molecule has 1 atom stereocenters. The maximum Gasteiger partial charge on any atom is 0.305 e. The molecule has 0 unspecified atom stereocenters. The first-order chi connectivity index (χ1) is 4.70. The second-order valence-electron chi connectivity index (χ2n) is 1.95. The average molecular weight is 148 g/mol. The van der Waals surface area contributed by atoms with Crippen molar-refractivity contribution in [2.24, 2.45) is 0 Å². The summed E-state index contributed by atoms with van der Waals surface area (Å²) in [5.74, 6) is -0.368. The number of rotatable bonds is 4. The Labute approximate surface area is 59.4 Å². The maximum atomic E-state index is 10.4. The monoisotopic (exact) mass is 148 g/mol. The fourth-order valence-corrected chi connectivity index (χ4v) is 0.478. The van der Waals surface area contributed by atoms with Gasteiger partial charge in [0.05, 0.1) is 19.8 Å². The molecule has 0 fully saturated rings. The van der Waals surface area contributed by atoms with Gasteiger partial charge in [0.15, 0.2) is 0 Å². The Balaban J connectivity index is 3.26. The minimum absolute atomic E-state index is 0.151. The van der Waals surface area contributed by atoms with Gasteiger partial charge in [-0.2, -0.15) is 0 Å². The molecule has 0 aliphatic rings. The van der Waals surface area contributed by atoms with Crippen LogP contribution in [-0.4, -0.2) is 36.0 Å². The van der Waals surface area contributed by atoms with Crippen molar-refractivity contribution in [1.29, 1.82) is 0 Å². The predicted molar refractivity (Wildman–Crippen MR) is 34.3 cm³/mol. The van der Waals surface area contributed by atoms with Crippen LogP contribution in [0.25, 0.3) is 0 Å². The molecule has 60 valence electrons. The number of carbonyl (C=O) groups is 1. The average Bonchev–Trinajstić information content (AvgIpc) is 1.99. The number of esters is 1. The van der Waals surface area contributed by atoms with Crippen LogP contribution in [0.5, 0.6) is 0 Å². The number of aliphatic hydroxyl groups is 2. The van der Waals surface area contributed by atoms with Gasteiger partial charge in [0, 0.05) is 6.42 Å². The van der Waals surface area contributed by atoms with E-state index in [1.165, 1.54) is 7.11 Å². The van der Waals surface area contributed by atoms with Crippen LogP contribution < -0.4 is 0 Å². The van der Waals surface area contributed by atoms with Crippen molar-refractivity contribution < 1.29 is 19.7 Å². The Morgan fingerprint density at radius 2 is 2.30 bits per heavy atom. The quantitative estimate of drug-likeness (QED) is 0.517. The van der Waals surface area contributed by atoms with E-state index in [1.807, 2.05) is 0 Å². The molecular weight excluding hydrogens is 136 g/mol. The van der Waals surface area contributed by atoms with Crippen molar-refractivity contribution in [3.8, 4) is 0 Å². The van der Waals surface area contributed by atoms with E-state index in [4.69, 9.17) is 10.2 Å². The molecule has 10 heavy (non-hydrogen) atoms. The summed E-state index contributed by atoms with van der Waals surface area (Å²) in [6.45, 7) is -0.309. The summed E-state index contributed by atoms with van der Waals surface area (Å²) in [7, 11) is 1.29. The van der Waals surface area contributed by atoms with Crippen molar-refractivity contribution in [2.45, 2.75) is 18.9 Å². The SMILES string of the molecule is COC(=O)CC[C@H](O)CO. The first-order valence-electron chi connectivity index (χ1n) is 3.06. The molecule has 0 heterocycles. The van der Waals surface area contributed by atoms with E-state index in [9.17, 15) is 4.79 Å². The number of hydrogen-bond donors (Lipinski definition) is 2. The van der Waals surface area contributed by atoms with Crippen molar-refractivity contribution >= 4 is 5.97 Å². The fraction of sp³-hybridized carbons (Fsp3) is 0.833. The standard InChI is InChI=1S/C6H12O4/c1-10-6(9)3-2-5(8)4-7/h5,7-8H,2-4H2,1H3/t5-/m0/s1. The van der Waals surface area contributed by atoms with Crippen molar-refractivity contribution in [2.75, 3.05) is 13.7 Å². The van der Waals surface area contributed by atoms with Crippen LogP contribution in [0.1, 0.15) is 12.8 Å². The molecule has 2 N–H and O–H groups in total. The summed E-state index contributed by atoms with van der Waals surface area (Å²) in [5, 5.41) is 17.1. The minimum atomic E-state index is -0.806. The van der Waals surface area contributed by atoms with E-state index >= 15 is 0 Å². The highest BCUT2D eigenvalue weighted by Crippen LogP contribution is 1.96. The second kappa shape index (κ2) is 5.20. The lowest BCUT2D eigenvalue weighted by Crippen LogP contribution is -2.14. The third-order valence-corrected chi connectivity index (χ3v) is 1.12. The van der Waals surface area contributed by atoms with Gasteiger partial charge in [-0.15, -0.1) is 0 Å². The summed E-state index contributed by atoms with van der Waals surface area (Å²) >= 11 is 0. The summed E-state index contributed by atoms with van der Waals surface area (Å²) in [5.41, 5.74) is 0. The first-order valence-corrected chi connectivity index (χ1v) is 3.06.